The molecule has 1 aromatic carbocycles. The molecule has 0 aliphatic heterocycles. The summed E-state index contributed by atoms with van der Waals surface area (Å²) in [5.41, 5.74) is 0.0706. The normalized spacial score (nSPS) is 14.2. The molecular weight excluding hydrogens is 378 g/mol. The molecule has 25 heavy (non-hydrogen) atoms. The van der Waals surface area contributed by atoms with Crippen molar-refractivity contribution in [2.75, 3.05) is 5.32 Å². The van der Waals surface area contributed by atoms with Gasteiger partial charge in [-0.1, -0.05) is 30.7 Å². The highest BCUT2D eigenvalue weighted by Gasteiger charge is 2.34. The minimum absolute atomic E-state index is 0.0578. The van der Waals surface area contributed by atoms with Crippen LogP contribution in [0.3, 0.4) is 0 Å². The zero-order valence-corrected chi connectivity index (χ0v) is 14.9. The third kappa shape index (κ3) is 5.42. The third-order valence-corrected chi connectivity index (χ3v) is 5.18. The van der Waals surface area contributed by atoms with Crippen LogP contribution < -0.4 is 5.32 Å². The molecule has 0 aliphatic carbocycles. The van der Waals surface area contributed by atoms with Gasteiger partial charge in [0.2, 0.25) is 5.95 Å². The standard InChI is InChI=1S/C15H16ClF3N3O2P/c1-2-11(25(23)24)7-9-3-5-10(6-4-9)21-14-20-8-12(13(16)22-14)15(17,18)19/h3-6,8,11,25H,2,7H2,1H3,(H,23,24)(H,20,21,22). The molecule has 2 unspecified atom stereocenters. The Labute approximate surface area is 148 Å². The highest BCUT2D eigenvalue weighted by molar-refractivity contribution is 7.38. The van der Waals surface area contributed by atoms with E-state index in [0.717, 1.165) is 5.56 Å². The number of hydrogen-bond acceptors (Lipinski definition) is 4. The van der Waals surface area contributed by atoms with E-state index in [1.54, 1.807) is 24.3 Å². The summed E-state index contributed by atoms with van der Waals surface area (Å²) < 4.78 is 49.1. The van der Waals surface area contributed by atoms with Crippen molar-refractivity contribution >= 4 is 31.3 Å². The summed E-state index contributed by atoms with van der Waals surface area (Å²) in [5.74, 6) is -0.0578. The summed E-state index contributed by atoms with van der Waals surface area (Å²) in [7, 11) is -2.59. The zero-order chi connectivity index (χ0) is 18.6. The van der Waals surface area contributed by atoms with Crippen molar-refractivity contribution in [1.29, 1.82) is 0 Å². The Morgan fingerprint density at radius 2 is 1.96 bits per heavy atom. The van der Waals surface area contributed by atoms with Gasteiger partial charge in [-0.05, 0) is 30.5 Å². The summed E-state index contributed by atoms with van der Waals surface area (Å²) in [4.78, 5) is 16.5. The largest absolute Gasteiger partial charge is 0.420 e. The lowest BCUT2D eigenvalue weighted by Gasteiger charge is -2.12. The number of rotatable bonds is 6. The summed E-state index contributed by atoms with van der Waals surface area (Å²) in [6.07, 6.45) is -2.90. The van der Waals surface area contributed by atoms with Crippen molar-refractivity contribution < 1.29 is 22.6 Å². The molecule has 2 rings (SSSR count). The Balaban J connectivity index is 2.09. The topological polar surface area (TPSA) is 75.1 Å². The van der Waals surface area contributed by atoms with Crippen LogP contribution in [0.1, 0.15) is 24.5 Å². The molecule has 136 valence electrons. The molecule has 0 saturated heterocycles. The first-order chi connectivity index (χ1) is 11.7. The average Bonchev–Trinajstić information content (AvgIpc) is 2.52. The van der Waals surface area contributed by atoms with E-state index < -0.39 is 24.9 Å². The van der Waals surface area contributed by atoms with Crippen molar-refractivity contribution in [3.05, 3.63) is 46.7 Å². The number of halogens is 4. The first-order valence-corrected chi connectivity index (χ1v) is 9.20. The van der Waals surface area contributed by atoms with E-state index in [9.17, 15) is 22.6 Å². The highest BCUT2D eigenvalue weighted by Crippen LogP contribution is 2.33. The number of hydrogen-bond donors (Lipinski definition) is 2. The minimum atomic E-state index is -4.61. The molecule has 2 aromatic rings. The second kappa shape index (κ2) is 8.17. The lowest BCUT2D eigenvalue weighted by atomic mass is 10.1. The van der Waals surface area contributed by atoms with Gasteiger partial charge in [-0.2, -0.15) is 13.2 Å². The van der Waals surface area contributed by atoms with E-state index in [2.05, 4.69) is 15.3 Å². The second-order valence-corrected chi connectivity index (χ2v) is 7.22. The number of anilines is 2. The van der Waals surface area contributed by atoms with Gasteiger partial charge in [-0.25, -0.2) is 9.97 Å². The number of aromatic nitrogens is 2. The van der Waals surface area contributed by atoms with Gasteiger partial charge >= 0.3 is 6.18 Å². The lowest BCUT2D eigenvalue weighted by molar-refractivity contribution is -0.137. The molecule has 1 heterocycles. The van der Waals surface area contributed by atoms with Crippen LogP contribution in [0.15, 0.2) is 30.5 Å². The van der Waals surface area contributed by atoms with Crippen LogP contribution in [-0.2, 0) is 17.2 Å². The van der Waals surface area contributed by atoms with Gasteiger partial charge in [0, 0.05) is 17.5 Å². The molecule has 0 aliphatic rings. The van der Waals surface area contributed by atoms with Crippen LogP contribution in [0.4, 0.5) is 24.8 Å². The SMILES string of the molecule is CCC(Cc1ccc(Nc2ncc(C(F)(F)F)c(Cl)n2)cc1)[PH](=O)O. The predicted molar refractivity (Wildman–Crippen MR) is 90.8 cm³/mol. The minimum Gasteiger partial charge on any atom is -0.346 e. The monoisotopic (exact) mass is 393 g/mol. The van der Waals surface area contributed by atoms with Gasteiger partial charge in [-0.15, -0.1) is 0 Å². The zero-order valence-electron chi connectivity index (χ0n) is 13.1. The Kier molecular flexibility index (Phi) is 6.43. The van der Waals surface area contributed by atoms with Crippen LogP contribution in [0.25, 0.3) is 0 Å². The number of nitrogens with one attached hydrogen (secondary N) is 1. The summed E-state index contributed by atoms with van der Waals surface area (Å²) in [6, 6.07) is 6.90. The third-order valence-electron chi connectivity index (χ3n) is 3.58. The van der Waals surface area contributed by atoms with Crippen LogP contribution in [0.5, 0.6) is 0 Å². The van der Waals surface area contributed by atoms with E-state index in [-0.39, 0.29) is 11.6 Å². The Bertz CT molecular complexity index is 757. The first-order valence-electron chi connectivity index (χ1n) is 7.39. The maximum Gasteiger partial charge on any atom is 0.420 e. The van der Waals surface area contributed by atoms with Crippen molar-refractivity contribution in [1.82, 2.24) is 9.97 Å². The van der Waals surface area contributed by atoms with E-state index >= 15 is 0 Å². The fourth-order valence-electron chi connectivity index (χ4n) is 2.16. The van der Waals surface area contributed by atoms with E-state index in [0.29, 0.717) is 24.7 Å². The van der Waals surface area contributed by atoms with Crippen molar-refractivity contribution in [3.8, 4) is 0 Å². The molecule has 0 radical (unpaired) electrons. The summed E-state index contributed by atoms with van der Waals surface area (Å²) in [6.45, 7) is 1.85. The fraction of sp³-hybridized carbons (Fsp3) is 0.333. The van der Waals surface area contributed by atoms with Gasteiger partial charge < -0.3 is 10.2 Å². The Morgan fingerprint density at radius 3 is 2.44 bits per heavy atom. The predicted octanol–water partition coefficient (Wildman–Crippen LogP) is 4.68. The molecule has 5 nitrogen and oxygen atoms in total. The number of nitrogens with zero attached hydrogens (tertiary/aromatic N) is 2. The fourth-order valence-corrected chi connectivity index (χ4v) is 3.15. The molecule has 0 bridgehead atoms. The smallest absolute Gasteiger partial charge is 0.346 e. The van der Waals surface area contributed by atoms with Gasteiger partial charge in [0.25, 0.3) is 0 Å². The lowest BCUT2D eigenvalue weighted by Crippen LogP contribution is -2.09. The van der Waals surface area contributed by atoms with Crippen molar-refractivity contribution in [2.24, 2.45) is 0 Å². The van der Waals surface area contributed by atoms with Crippen molar-refractivity contribution in [3.63, 3.8) is 0 Å². The molecular formula is C15H16ClF3N3O2P. The quantitative estimate of drug-likeness (QED) is 0.550. The van der Waals surface area contributed by atoms with Gasteiger partial charge in [0.15, 0.2) is 8.03 Å². The average molecular weight is 394 g/mol. The maximum atomic E-state index is 12.6. The summed E-state index contributed by atoms with van der Waals surface area (Å²) >= 11 is 5.55. The molecule has 0 saturated carbocycles. The molecule has 0 amide bonds. The molecule has 0 spiro atoms. The van der Waals surface area contributed by atoms with Gasteiger partial charge in [-0.3, -0.25) is 4.57 Å². The first kappa shape index (κ1) is 19.7. The molecule has 0 fully saturated rings. The Hall–Kier alpha value is -1.63. The van der Waals surface area contributed by atoms with E-state index in [1.165, 1.54) is 0 Å². The van der Waals surface area contributed by atoms with E-state index in [1.807, 2.05) is 6.92 Å². The summed E-state index contributed by atoms with van der Waals surface area (Å²) in [5, 5.41) is 2.08. The molecule has 10 heteroatoms. The van der Waals surface area contributed by atoms with Crippen LogP contribution in [0, 0.1) is 0 Å². The van der Waals surface area contributed by atoms with Crippen LogP contribution >= 0.6 is 19.6 Å². The second-order valence-electron chi connectivity index (χ2n) is 5.37. The van der Waals surface area contributed by atoms with Gasteiger partial charge in [0.1, 0.15) is 10.7 Å². The van der Waals surface area contributed by atoms with Crippen LogP contribution in [-0.4, -0.2) is 20.5 Å². The van der Waals surface area contributed by atoms with Crippen LogP contribution in [0.2, 0.25) is 5.15 Å². The number of benzene rings is 1. The number of alkyl halides is 3. The van der Waals surface area contributed by atoms with E-state index in [4.69, 9.17) is 11.6 Å². The maximum absolute atomic E-state index is 12.6. The molecule has 2 atom stereocenters. The molecule has 2 N–H and O–H groups in total. The molecule has 1 aromatic heterocycles. The Morgan fingerprint density at radius 1 is 1.32 bits per heavy atom. The van der Waals surface area contributed by atoms with Gasteiger partial charge in [0.05, 0.1) is 0 Å². The van der Waals surface area contributed by atoms with Crippen molar-refractivity contribution in [2.45, 2.75) is 31.6 Å². The highest BCUT2D eigenvalue weighted by atomic mass is 35.5.